The standard InChI is InChI=1S/C22H31N3O/c1-19-8-10-21(11-9-19)25-16-15-24(14-12-23-13-17-26-2)22(18-25)20-6-4-3-5-7-20/h3-11,22-23H,12-18H2,1-2H3/t22-/m1/s1. The molecule has 0 aromatic heterocycles. The van der Waals surface area contributed by atoms with Gasteiger partial charge in [-0.3, -0.25) is 4.90 Å². The number of aryl methyl sites for hydroxylation is 1. The summed E-state index contributed by atoms with van der Waals surface area (Å²) in [7, 11) is 1.75. The molecule has 0 amide bonds. The van der Waals surface area contributed by atoms with Gasteiger partial charge in [-0.2, -0.15) is 0 Å². The molecule has 4 heteroatoms. The Hall–Kier alpha value is -1.88. The maximum Gasteiger partial charge on any atom is 0.0587 e. The molecule has 26 heavy (non-hydrogen) atoms. The van der Waals surface area contributed by atoms with Gasteiger partial charge in [0.15, 0.2) is 0 Å². The first-order valence-corrected chi connectivity index (χ1v) is 9.58. The lowest BCUT2D eigenvalue weighted by Gasteiger charge is -2.43. The fourth-order valence-electron chi connectivity index (χ4n) is 3.59. The molecule has 1 aliphatic rings. The number of benzene rings is 2. The minimum absolute atomic E-state index is 0.426. The van der Waals surface area contributed by atoms with Crippen molar-refractivity contribution in [1.82, 2.24) is 10.2 Å². The molecule has 1 atom stereocenters. The lowest BCUT2D eigenvalue weighted by atomic mass is 10.0. The Balaban J connectivity index is 1.67. The molecule has 1 fully saturated rings. The van der Waals surface area contributed by atoms with Crippen LogP contribution in [0.4, 0.5) is 5.69 Å². The summed E-state index contributed by atoms with van der Waals surface area (Å²) in [5.41, 5.74) is 4.05. The number of nitrogens with zero attached hydrogens (tertiary/aromatic N) is 2. The SMILES string of the molecule is COCCNCCN1CCN(c2ccc(C)cc2)C[C@@H]1c1ccccc1. The Labute approximate surface area is 157 Å². The maximum absolute atomic E-state index is 5.11. The van der Waals surface area contributed by atoms with Crippen molar-refractivity contribution in [3.63, 3.8) is 0 Å². The van der Waals surface area contributed by atoms with Crippen LogP contribution in [0.2, 0.25) is 0 Å². The lowest BCUT2D eigenvalue weighted by molar-refractivity contribution is 0.171. The van der Waals surface area contributed by atoms with Crippen LogP contribution in [-0.4, -0.2) is 57.9 Å². The summed E-state index contributed by atoms with van der Waals surface area (Å²) in [5, 5.41) is 3.47. The van der Waals surface area contributed by atoms with Crippen molar-refractivity contribution in [1.29, 1.82) is 0 Å². The number of rotatable bonds is 8. The summed E-state index contributed by atoms with van der Waals surface area (Å²) in [6, 6.07) is 20.3. The second-order valence-electron chi connectivity index (χ2n) is 6.99. The molecule has 0 unspecified atom stereocenters. The highest BCUT2D eigenvalue weighted by Crippen LogP contribution is 2.28. The molecule has 2 aromatic carbocycles. The molecule has 4 nitrogen and oxygen atoms in total. The Morgan fingerprint density at radius 2 is 1.77 bits per heavy atom. The number of methoxy groups -OCH3 is 1. The van der Waals surface area contributed by atoms with Crippen LogP contribution in [-0.2, 0) is 4.74 Å². The number of nitrogens with one attached hydrogen (secondary N) is 1. The van der Waals surface area contributed by atoms with Gasteiger partial charge in [-0.1, -0.05) is 48.0 Å². The molecule has 0 saturated carbocycles. The molecule has 0 radical (unpaired) electrons. The smallest absolute Gasteiger partial charge is 0.0587 e. The Morgan fingerprint density at radius 1 is 1.00 bits per heavy atom. The Kier molecular flexibility index (Phi) is 7.06. The fraction of sp³-hybridized carbons (Fsp3) is 0.455. The van der Waals surface area contributed by atoms with E-state index in [1.807, 2.05) is 0 Å². The normalized spacial score (nSPS) is 18.2. The summed E-state index contributed by atoms with van der Waals surface area (Å²) in [5.74, 6) is 0. The molecule has 0 bridgehead atoms. The number of hydrogen-bond donors (Lipinski definition) is 1. The minimum atomic E-state index is 0.426. The van der Waals surface area contributed by atoms with E-state index < -0.39 is 0 Å². The van der Waals surface area contributed by atoms with Gasteiger partial charge in [0.1, 0.15) is 0 Å². The van der Waals surface area contributed by atoms with E-state index in [4.69, 9.17) is 4.74 Å². The van der Waals surface area contributed by atoms with E-state index in [2.05, 4.69) is 76.6 Å². The molecule has 0 aliphatic carbocycles. The zero-order valence-corrected chi connectivity index (χ0v) is 16.0. The first kappa shape index (κ1) is 18.9. The van der Waals surface area contributed by atoms with Gasteiger partial charge in [-0.05, 0) is 24.6 Å². The molecule has 3 rings (SSSR count). The summed E-state index contributed by atoms with van der Waals surface area (Å²) in [6.07, 6.45) is 0. The van der Waals surface area contributed by atoms with E-state index in [0.29, 0.717) is 6.04 Å². The van der Waals surface area contributed by atoms with Crippen LogP contribution in [0.15, 0.2) is 54.6 Å². The topological polar surface area (TPSA) is 27.7 Å². The molecule has 1 saturated heterocycles. The largest absolute Gasteiger partial charge is 0.383 e. The van der Waals surface area contributed by atoms with Crippen LogP contribution in [0.3, 0.4) is 0 Å². The van der Waals surface area contributed by atoms with Crippen LogP contribution in [0.1, 0.15) is 17.2 Å². The molecule has 140 valence electrons. The average Bonchev–Trinajstić information content (AvgIpc) is 2.69. The van der Waals surface area contributed by atoms with Crippen molar-refractivity contribution in [2.45, 2.75) is 13.0 Å². The van der Waals surface area contributed by atoms with Gasteiger partial charge in [-0.15, -0.1) is 0 Å². The zero-order chi connectivity index (χ0) is 18.2. The van der Waals surface area contributed by atoms with E-state index in [1.165, 1.54) is 16.8 Å². The van der Waals surface area contributed by atoms with Gasteiger partial charge in [-0.25, -0.2) is 0 Å². The second kappa shape index (κ2) is 9.72. The fourth-order valence-corrected chi connectivity index (χ4v) is 3.59. The van der Waals surface area contributed by atoms with Crippen molar-refractivity contribution >= 4 is 5.69 Å². The van der Waals surface area contributed by atoms with Crippen LogP contribution in [0.5, 0.6) is 0 Å². The van der Waals surface area contributed by atoms with Crippen molar-refractivity contribution in [2.24, 2.45) is 0 Å². The molecule has 1 heterocycles. The van der Waals surface area contributed by atoms with Crippen molar-refractivity contribution < 1.29 is 4.74 Å². The second-order valence-corrected chi connectivity index (χ2v) is 6.99. The molecular weight excluding hydrogens is 322 g/mol. The predicted octanol–water partition coefficient (Wildman–Crippen LogP) is 3.09. The van der Waals surface area contributed by atoms with Gasteiger partial charge < -0.3 is 15.0 Å². The van der Waals surface area contributed by atoms with Crippen molar-refractivity contribution in [3.05, 3.63) is 65.7 Å². The summed E-state index contributed by atoms with van der Waals surface area (Å²) in [4.78, 5) is 5.13. The van der Waals surface area contributed by atoms with Gasteiger partial charge in [0.25, 0.3) is 0 Å². The monoisotopic (exact) mass is 353 g/mol. The molecule has 2 aromatic rings. The molecule has 1 aliphatic heterocycles. The van der Waals surface area contributed by atoms with Gasteiger partial charge in [0.2, 0.25) is 0 Å². The lowest BCUT2D eigenvalue weighted by Crippen LogP contribution is -2.50. The number of anilines is 1. The molecular formula is C22H31N3O. The molecule has 1 N–H and O–H groups in total. The van der Waals surface area contributed by atoms with Crippen LogP contribution < -0.4 is 10.2 Å². The van der Waals surface area contributed by atoms with Crippen LogP contribution >= 0.6 is 0 Å². The maximum atomic E-state index is 5.11. The Morgan fingerprint density at radius 3 is 2.50 bits per heavy atom. The first-order valence-electron chi connectivity index (χ1n) is 9.58. The van der Waals surface area contributed by atoms with E-state index >= 15 is 0 Å². The summed E-state index contributed by atoms with van der Waals surface area (Å²) < 4.78 is 5.11. The first-order chi connectivity index (χ1) is 12.8. The minimum Gasteiger partial charge on any atom is -0.383 e. The quantitative estimate of drug-likeness (QED) is 0.738. The van der Waals surface area contributed by atoms with Gasteiger partial charge >= 0.3 is 0 Å². The van der Waals surface area contributed by atoms with Crippen molar-refractivity contribution in [3.8, 4) is 0 Å². The van der Waals surface area contributed by atoms with E-state index in [1.54, 1.807) is 7.11 Å². The van der Waals surface area contributed by atoms with Crippen molar-refractivity contribution in [2.75, 3.05) is 57.9 Å². The Bertz CT molecular complexity index is 644. The van der Waals surface area contributed by atoms with Gasteiger partial charge in [0.05, 0.1) is 12.6 Å². The zero-order valence-electron chi connectivity index (χ0n) is 16.0. The van der Waals surface area contributed by atoms with E-state index in [0.717, 1.165) is 45.9 Å². The highest BCUT2D eigenvalue weighted by atomic mass is 16.5. The third-order valence-corrected chi connectivity index (χ3v) is 5.13. The summed E-state index contributed by atoms with van der Waals surface area (Å²) >= 11 is 0. The average molecular weight is 354 g/mol. The third kappa shape index (κ3) is 5.07. The molecule has 0 spiro atoms. The highest BCUT2D eigenvalue weighted by molar-refractivity contribution is 5.48. The number of hydrogen-bond acceptors (Lipinski definition) is 4. The summed E-state index contributed by atoms with van der Waals surface area (Å²) in [6.45, 7) is 9.07. The van der Waals surface area contributed by atoms with E-state index in [9.17, 15) is 0 Å². The van der Waals surface area contributed by atoms with Crippen LogP contribution in [0.25, 0.3) is 0 Å². The van der Waals surface area contributed by atoms with E-state index in [-0.39, 0.29) is 0 Å². The number of ether oxygens (including phenoxy) is 1. The third-order valence-electron chi connectivity index (χ3n) is 5.13. The van der Waals surface area contributed by atoms with Crippen LogP contribution in [0, 0.1) is 6.92 Å². The predicted molar refractivity (Wildman–Crippen MR) is 109 cm³/mol. The van der Waals surface area contributed by atoms with Gasteiger partial charge in [0, 0.05) is 52.1 Å². The highest BCUT2D eigenvalue weighted by Gasteiger charge is 2.27. The number of piperazine rings is 1.